The van der Waals surface area contributed by atoms with Gasteiger partial charge in [0.25, 0.3) is 0 Å². The van der Waals surface area contributed by atoms with Crippen molar-refractivity contribution in [2.24, 2.45) is 0 Å². The molecule has 1 heteroatoms. The van der Waals surface area contributed by atoms with Crippen LogP contribution < -0.4 is 4.90 Å². The van der Waals surface area contributed by atoms with Gasteiger partial charge in [-0.25, -0.2) is 0 Å². The van der Waals surface area contributed by atoms with E-state index in [-0.39, 0.29) is 5.41 Å². The Morgan fingerprint density at radius 2 is 1.10 bits per heavy atom. The first-order valence-corrected chi connectivity index (χ1v) is 18.4. The van der Waals surface area contributed by atoms with Gasteiger partial charge in [-0.05, 0) is 104 Å². The lowest BCUT2D eigenvalue weighted by atomic mass is 9.80. The van der Waals surface area contributed by atoms with Crippen molar-refractivity contribution in [2.75, 3.05) is 4.90 Å². The fourth-order valence-corrected chi connectivity index (χ4v) is 8.94. The van der Waals surface area contributed by atoms with Gasteiger partial charge >= 0.3 is 0 Å². The molecule has 0 amide bonds. The maximum atomic E-state index is 2.49. The molecule has 2 aliphatic carbocycles. The third-order valence-corrected chi connectivity index (χ3v) is 11.5. The zero-order valence-corrected chi connectivity index (χ0v) is 29.1. The van der Waals surface area contributed by atoms with Crippen LogP contribution in [0.5, 0.6) is 0 Å². The number of fused-ring (bicyclic) bond motifs is 4. The van der Waals surface area contributed by atoms with Gasteiger partial charge in [0, 0.05) is 22.4 Å². The average Bonchev–Trinajstić information content (AvgIpc) is 3.41. The Labute approximate surface area is 296 Å². The second-order valence-electron chi connectivity index (χ2n) is 14.8. The van der Waals surface area contributed by atoms with Crippen LogP contribution in [0.25, 0.3) is 44.2 Å². The van der Waals surface area contributed by atoms with E-state index < -0.39 is 0 Å². The lowest BCUT2D eigenvalue weighted by molar-refractivity contribution is 0.445. The monoisotopic (exact) mass is 645 g/mol. The molecule has 0 N–H and O–H groups in total. The summed E-state index contributed by atoms with van der Waals surface area (Å²) in [6, 6.07) is 58.8. The van der Waals surface area contributed by atoms with Crippen LogP contribution >= 0.6 is 0 Å². The highest BCUT2D eigenvalue weighted by Gasteiger charge is 2.36. The molecule has 0 spiro atoms. The summed E-state index contributed by atoms with van der Waals surface area (Å²) < 4.78 is 0. The molecule has 0 unspecified atom stereocenters. The minimum Gasteiger partial charge on any atom is -0.310 e. The molecule has 1 nitrogen and oxygen atoms in total. The van der Waals surface area contributed by atoms with Crippen LogP contribution in [0.4, 0.5) is 17.1 Å². The van der Waals surface area contributed by atoms with Crippen LogP contribution in [-0.4, -0.2) is 0 Å². The average molecular weight is 646 g/mol. The molecule has 7 aromatic carbocycles. The molecule has 0 heterocycles. The van der Waals surface area contributed by atoms with Gasteiger partial charge in [-0.2, -0.15) is 0 Å². The highest BCUT2D eigenvalue weighted by molar-refractivity contribution is 6.03. The maximum Gasteiger partial charge on any atom is 0.0540 e. The van der Waals surface area contributed by atoms with Gasteiger partial charge in [0.15, 0.2) is 0 Å². The van der Waals surface area contributed by atoms with Gasteiger partial charge in [0.05, 0.1) is 5.69 Å². The fourth-order valence-electron chi connectivity index (χ4n) is 8.94. The number of anilines is 3. The molecule has 1 fully saturated rings. The van der Waals surface area contributed by atoms with E-state index in [2.05, 4.69) is 176 Å². The largest absolute Gasteiger partial charge is 0.310 e. The number of nitrogens with zero attached hydrogens (tertiary/aromatic N) is 1. The molecule has 244 valence electrons. The Morgan fingerprint density at radius 1 is 0.480 bits per heavy atom. The first-order valence-electron chi connectivity index (χ1n) is 18.4. The molecule has 0 aliphatic heterocycles. The molecule has 50 heavy (non-hydrogen) atoms. The highest BCUT2D eigenvalue weighted by atomic mass is 15.1. The summed E-state index contributed by atoms with van der Waals surface area (Å²) in [7, 11) is 0. The molecular formula is C49H43N. The third-order valence-electron chi connectivity index (χ3n) is 11.5. The van der Waals surface area contributed by atoms with E-state index in [9.17, 15) is 0 Å². The van der Waals surface area contributed by atoms with Crippen LogP contribution in [0.1, 0.15) is 68.6 Å². The maximum absolute atomic E-state index is 2.49. The van der Waals surface area contributed by atoms with Crippen molar-refractivity contribution in [3.63, 3.8) is 0 Å². The minimum atomic E-state index is -0.0885. The SMILES string of the molecule is CC1(C)c2ccccc2-c2ccc(N(c3ccc(-c4ccccc4)cc3)c3ccccc3-c3cccc4cccc(C5CCCCC5)c34)cc21. The van der Waals surface area contributed by atoms with Gasteiger partial charge in [0.1, 0.15) is 0 Å². The molecule has 0 aromatic heterocycles. The van der Waals surface area contributed by atoms with E-state index in [1.165, 1.54) is 104 Å². The zero-order valence-electron chi connectivity index (χ0n) is 29.1. The summed E-state index contributed by atoms with van der Waals surface area (Å²) in [5.41, 5.74) is 15.5. The van der Waals surface area contributed by atoms with E-state index in [4.69, 9.17) is 0 Å². The Bertz CT molecular complexity index is 2320. The van der Waals surface area contributed by atoms with Crippen molar-refractivity contribution in [1.29, 1.82) is 0 Å². The molecule has 0 atom stereocenters. The Morgan fingerprint density at radius 3 is 1.90 bits per heavy atom. The van der Waals surface area contributed by atoms with Crippen molar-refractivity contribution in [1.82, 2.24) is 0 Å². The first-order chi connectivity index (χ1) is 24.6. The Balaban J connectivity index is 1.25. The van der Waals surface area contributed by atoms with Crippen LogP contribution in [0.2, 0.25) is 0 Å². The lowest BCUT2D eigenvalue weighted by Gasteiger charge is -2.30. The first kappa shape index (κ1) is 30.6. The molecule has 0 radical (unpaired) electrons. The summed E-state index contributed by atoms with van der Waals surface area (Å²) in [4.78, 5) is 2.49. The van der Waals surface area contributed by atoms with Gasteiger partial charge in [0.2, 0.25) is 0 Å². The molecule has 0 bridgehead atoms. The van der Waals surface area contributed by atoms with Crippen LogP contribution in [0.3, 0.4) is 0 Å². The molecule has 0 saturated heterocycles. The third kappa shape index (κ3) is 5.15. The van der Waals surface area contributed by atoms with Gasteiger partial charge < -0.3 is 4.90 Å². The fraction of sp³-hybridized carbons (Fsp3) is 0.184. The van der Waals surface area contributed by atoms with Gasteiger partial charge in [-0.15, -0.1) is 0 Å². The quantitative estimate of drug-likeness (QED) is 0.174. The number of benzene rings is 7. The summed E-state index contributed by atoms with van der Waals surface area (Å²) in [6.45, 7) is 4.74. The van der Waals surface area contributed by atoms with E-state index >= 15 is 0 Å². The van der Waals surface area contributed by atoms with Crippen LogP contribution in [0, 0.1) is 0 Å². The smallest absolute Gasteiger partial charge is 0.0540 e. The standard InChI is InChI=1S/C49H43N/c1-49(2)45-25-11-9-21-41(45)42-32-31-39(33-46(42)49)50(38-29-27-35(28-30-38)34-15-5-3-6-16-34)47-26-12-10-22-43(47)44-24-14-20-37-19-13-23-40(48(37)44)36-17-7-4-8-18-36/h3,5-6,9-16,19-33,36H,4,7-8,17-18H2,1-2H3. The van der Waals surface area contributed by atoms with E-state index in [0.717, 1.165) is 5.69 Å². The predicted octanol–water partition coefficient (Wildman–Crippen LogP) is 14.0. The van der Waals surface area contributed by atoms with Crippen molar-refractivity contribution in [3.05, 3.63) is 174 Å². The zero-order chi connectivity index (χ0) is 33.7. The van der Waals surface area contributed by atoms with Gasteiger partial charge in [-0.3, -0.25) is 0 Å². The van der Waals surface area contributed by atoms with Crippen LogP contribution in [0.15, 0.2) is 158 Å². The van der Waals surface area contributed by atoms with Crippen molar-refractivity contribution >= 4 is 27.8 Å². The Kier molecular flexibility index (Phi) is 7.65. The molecule has 2 aliphatic rings. The summed E-state index contributed by atoms with van der Waals surface area (Å²) in [6.07, 6.45) is 6.57. The van der Waals surface area contributed by atoms with Crippen molar-refractivity contribution < 1.29 is 0 Å². The summed E-state index contributed by atoms with van der Waals surface area (Å²) in [5, 5.41) is 2.75. The summed E-state index contributed by atoms with van der Waals surface area (Å²) >= 11 is 0. The van der Waals surface area contributed by atoms with Gasteiger partial charge in [-0.1, -0.05) is 161 Å². The van der Waals surface area contributed by atoms with Crippen molar-refractivity contribution in [2.45, 2.75) is 57.3 Å². The molecular weight excluding hydrogens is 603 g/mol. The number of rotatable bonds is 6. The minimum absolute atomic E-state index is 0.0885. The number of para-hydroxylation sites is 1. The van der Waals surface area contributed by atoms with Crippen LogP contribution in [-0.2, 0) is 5.41 Å². The van der Waals surface area contributed by atoms with E-state index in [1.54, 1.807) is 0 Å². The lowest BCUT2D eigenvalue weighted by Crippen LogP contribution is -2.17. The number of hydrogen-bond donors (Lipinski definition) is 0. The second-order valence-corrected chi connectivity index (χ2v) is 14.8. The second kappa shape index (κ2) is 12.5. The topological polar surface area (TPSA) is 3.24 Å². The highest BCUT2D eigenvalue weighted by Crippen LogP contribution is 2.52. The van der Waals surface area contributed by atoms with E-state index in [1.807, 2.05) is 0 Å². The normalized spacial score (nSPS) is 15.1. The molecule has 1 saturated carbocycles. The predicted molar refractivity (Wildman–Crippen MR) is 213 cm³/mol. The van der Waals surface area contributed by atoms with Crippen molar-refractivity contribution in [3.8, 4) is 33.4 Å². The molecule has 7 aromatic rings. The summed E-state index contributed by atoms with van der Waals surface area (Å²) in [5.74, 6) is 0.614. The van der Waals surface area contributed by atoms with E-state index in [0.29, 0.717) is 5.92 Å². The number of hydrogen-bond acceptors (Lipinski definition) is 1. The Hall–Kier alpha value is -5.40. The molecule has 9 rings (SSSR count).